The number of morpholine rings is 1. The van der Waals surface area contributed by atoms with Gasteiger partial charge in [0.05, 0.1) is 35.4 Å². The molecule has 0 unspecified atom stereocenters. The molecule has 0 atom stereocenters. The molecule has 1 N–H and O–H groups in total. The van der Waals surface area contributed by atoms with E-state index in [9.17, 15) is 13.2 Å². The number of anilines is 1. The lowest BCUT2D eigenvalue weighted by Crippen LogP contribution is -2.40. The van der Waals surface area contributed by atoms with E-state index in [1.807, 2.05) is 12.1 Å². The van der Waals surface area contributed by atoms with Crippen molar-refractivity contribution in [3.63, 3.8) is 0 Å². The number of hydrogen-bond acceptors (Lipinski definition) is 7. The molecule has 9 nitrogen and oxygen atoms in total. The Bertz CT molecular complexity index is 1320. The van der Waals surface area contributed by atoms with Crippen LogP contribution >= 0.6 is 0 Å². The maximum Gasteiger partial charge on any atom is 0.262 e. The number of carbonyl (C=O) groups is 1. The lowest BCUT2D eigenvalue weighted by molar-refractivity contribution is -0.118. The van der Waals surface area contributed by atoms with Gasteiger partial charge in [0.1, 0.15) is 11.5 Å². The van der Waals surface area contributed by atoms with E-state index < -0.39 is 15.9 Å². The molecule has 1 saturated heterocycles. The summed E-state index contributed by atoms with van der Waals surface area (Å²) in [7, 11) is -3.78. The fourth-order valence-corrected chi connectivity index (χ4v) is 4.80. The number of nitrogens with one attached hydrogen (secondary N) is 1. The number of para-hydroxylation sites is 1. The van der Waals surface area contributed by atoms with Crippen molar-refractivity contribution < 1.29 is 27.4 Å². The van der Waals surface area contributed by atoms with Gasteiger partial charge in [-0.05, 0) is 54.6 Å². The summed E-state index contributed by atoms with van der Waals surface area (Å²) < 4.78 is 44.2. The Balaban J connectivity index is 1.55. The van der Waals surface area contributed by atoms with E-state index in [-0.39, 0.29) is 36.0 Å². The normalized spacial score (nSPS) is 14.0. The molecule has 3 aromatic rings. The summed E-state index contributed by atoms with van der Waals surface area (Å²) in [5.41, 5.74) is 0.666. The van der Waals surface area contributed by atoms with Crippen LogP contribution in [0.15, 0.2) is 77.7 Å². The second-order valence-corrected chi connectivity index (χ2v) is 9.50. The van der Waals surface area contributed by atoms with Crippen molar-refractivity contribution in [2.24, 2.45) is 0 Å². The fourth-order valence-electron chi connectivity index (χ4n) is 3.37. The van der Waals surface area contributed by atoms with Crippen LogP contribution in [0.4, 0.5) is 5.69 Å². The Morgan fingerprint density at radius 1 is 1.00 bits per heavy atom. The van der Waals surface area contributed by atoms with Crippen molar-refractivity contribution >= 4 is 21.6 Å². The maximum atomic E-state index is 13.1. The number of benzene rings is 3. The number of sulfonamides is 1. The van der Waals surface area contributed by atoms with E-state index in [1.165, 1.54) is 22.5 Å². The first-order valence-corrected chi connectivity index (χ1v) is 12.3. The van der Waals surface area contributed by atoms with E-state index in [4.69, 9.17) is 19.5 Å². The molecule has 1 fully saturated rings. The van der Waals surface area contributed by atoms with Crippen LogP contribution in [-0.4, -0.2) is 51.5 Å². The summed E-state index contributed by atoms with van der Waals surface area (Å²) in [6.45, 7) is 0.835. The zero-order valence-corrected chi connectivity index (χ0v) is 19.5. The Morgan fingerprint density at radius 2 is 1.71 bits per heavy atom. The lowest BCUT2D eigenvalue weighted by Gasteiger charge is -2.26. The molecule has 35 heavy (non-hydrogen) atoms. The average molecular weight is 494 g/mol. The first-order chi connectivity index (χ1) is 17.0. The van der Waals surface area contributed by atoms with Gasteiger partial charge in [-0.1, -0.05) is 18.2 Å². The number of nitrogens with zero attached hydrogens (tertiary/aromatic N) is 2. The summed E-state index contributed by atoms with van der Waals surface area (Å²) in [4.78, 5) is 12.7. The number of hydrogen-bond donors (Lipinski definition) is 1. The first kappa shape index (κ1) is 24.2. The number of ether oxygens (including phenoxy) is 3. The summed E-state index contributed by atoms with van der Waals surface area (Å²) >= 11 is 0. The Hall–Kier alpha value is -3.91. The molecular weight excluding hydrogens is 470 g/mol. The first-order valence-electron chi connectivity index (χ1n) is 10.8. The molecule has 3 aromatic carbocycles. The molecule has 0 aromatic heterocycles. The highest BCUT2D eigenvalue weighted by Gasteiger charge is 2.27. The predicted molar refractivity (Wildman–Crippen MR) is 128 cm³/mol. The van der Waals surface area contributed by atoms with Gasteiger partial charge >= 0.3 is 0 Å². The van der Waals surface area contributed by atoms with Crippen molar-refractivity contribution in [3.05, 3.63) is 78.4 Å². The van der Waals surface area contributed by atoms with Crippen LogP contribution < -0.4 is 14.8 Å². The van der Waals surface area contributed by atoms with Crippen LogP contribution in [0.25, 0.3) is 0 Å². The molecule has 1 aliphatic heterocycles. The van der Waals surface area contributed by atoms with Crippen LogP contribution in [0, 0.1) is 11.3 Å². The molecule has 1 heterocycles. The standard InChI is InChI=1S/C25H23N3O6S/c26-17-19-6-8-20(9-7-19)33-18-25(29)27-23-16-22(35(30,31)28-12-14-32-15-13-28)10-11-24(23)34-21-4-2-1-3-5-21/h1-11,16H,12-15,18H2,(H,27,29). The van der Waals surface area contributed by atoms with Gasteiger partial charge in [0.2, 0.25) is 10.0 Å². The smallest absolute Gasteiger partial charge is 0.262 e. The van der Waals surface area contributed by atoms with Crippen LogP contribution in [-0.2, 0) is 19.6 Å². The van der Waals surface area contributed by atoms with Crippen LogP contribution in [0.1, 0.15) is 5.56 Å². The number of amides is 1. The third kappa shape index (κ3) is 6.16. The molecule has 0 radical (unpaired) electrons. The van der Waals surface area contributed by atoms with Crippen molar-refractivity contribution in [2.45, 2.75) is 4.90 Å². The minimum absolute atomic E-state index is 0.0307. The molecule has 4 rings (SSSR count). The highest BCUT2D eigenvalue weighted by molar-refractivity contribution is 7.89. The minimum Gasteiger partial charge on any atom is -0.484 e. The Kier molecular flexibility index (Phi) is 7.62. The molecular formula is C25H23N3O6S. The highest BCUT2D eigenvalue weighted by Crippen LogP contribution is 2.33. The largest absolute Gasteiger partial charge is 0.484 e. The maximum absolute atomic E-state index is 13.1. The molecule has 0 bridgehead atoms. The zero-order valence-electron chi connectivity index (χ0n) is 18.7. The zero-order chi connectivity index (χ0) is 24.7. The molecule has 180 valence electrons. The van der Waals surface area contributed by atoms with Crippen LogP contribution in [0.2, 0.25) is 0 Å². The molecule has 10 heteroatoms. The number of rotatable bonds is 8. The van der Waals surface area contributed by atoms with Gasteiger partial charge in [-0.2, -0.15) is 9.57 Å². The molecule has 0 saturated carbocycles. The minimum atomic E-state index is -3.78. The SMILES string of the molecule is N#Cc1ccc(OCC(=O)Nc2cc(S(=O)(=O)N3CCOCC3)ccc2Oc2ccccc2)cc1. The summed E-state index contributed by atoms with van der Waals surface area (Å²) in [5.74, 6) is 0.723. The average Bonchev–Trinajstić information content (AvgIpc) is 2.90. The molecule has 1 aliphatic rings. The summed E-state index contributed by atoms with van der Waals surface area (Å²) in [6, 6.07) is 21.6. The monoisotopic (exact) mass is 493 g/mol. The summed E-state index contributed by atoms with van der Waals surface area (Å²) in [6.07, 6.45) is 0. The predicted octanol–water partition coefficient (Wildman–Crippen LogP) is 3.39. The van der Waals surface area contributed by atoms with Gasteiger partial charge in [0, 0.05) is 13.1 Å². The van der Waals surface area contributed by atoms with Crippen molar-refractivity contribution in [1.29, 1.82) is 5.26 Å². The Morgan fingerprint density at radius 3 is 2.40 bits per heavy atom. The van der Waals surface area contributed by atoms with Gasteiger partial charge in [0.25, 0.3) is 5.91 Å². The molecule has 1 amide bonds. The number of nitriles is 1. The van der Waals surface area contributed by atoms with Gasteiger partial charge in [-0.15, -0.1) is 0 Å². The highest BCUT2D eigenvalue weighted by atomic mass is 32.2. The third-order valence-electron chi connectivity index (χ3n) is 5.16. The van der Waals surface area contributed by atoms with E-state index >= 15 is 0 Å². The van der Waals surface area contributed by atoms with Gasteiger partial charge in [-0.25, -0.2) is 8.42 Å². The van der Waals surface area contributed by atoms with Gasteiger partial charge < -0.3 is 19.5 Å². The van der Waals surface area contributed by atoms with Crippen molar-refractivity contribution in [2.75, 3.05) is 38.2 Å². The fraction of sp³-hybridized carbons (Fsp3) is 0.200. The topological polar surface area (TPSA) is 118 Å². The van der Waals surface area contributed by atoms with E-state index in [1.54, 1.807) is 48.5 Å². The molecule has 0 spiro atoms. The van der Waals surface area contributed by atoms with Crippen LogP contribution in [0.3, 0.4) is 0 Å². The second kappa shape index (κ2) is 11.0. The van der Waals surface area contributed by atoms with Gasteiger partial charge in [0.15, 0.2) is 12.4 Å². The lowest BCUT2D eigenvalue weighted by atomic mass is 10.2. The second-order valence-electron chi connectivity index (χ2n) is 7.56. The van der Waals surface area contributed by atoms with E-state index in [2.05, 4.69) is 5.32 Å². The summed E-state index contributed by atoms with van der Waals surface area (Å²) in [5, 5.41) is 11.6. The van der Waals surface area contributed by atoms with Gasteiger partial charge in [-0.3, -0.25) is 4.79 Å². The van der Waals surface area contributed by atoms with Crippen LogP contribution in [0.5, 0.6) is 17.2 Å². The quantitative estimate of drug-likeness (QED) is 0.511. The number of carbonyl (C=O) groups excluding carboxylic acids is 1. The third-order valence-corrected chi connectivity index (χ3v) is 7.05. The van der Waals surface area contributed by atoms with E-state index in [0.717, 1.165) is 0 Å². The van der Waals surface area contributed by atoms with Crippen molar-refractivity contribution in [1.82, 2.24) is 4.31 Å². The Labute approximate surface area is 203 Å². The van der Waals surface area contributed by atoms with Crippen molar-refractivity contribution in [3.8, 4) is 23.3 Å². The molecule has 0 aliphatic carbocycles. The van der Waals surface area contributed by atoms with E-state index in [0.29, 0.717) is 30.3 Å².